The van der Waals surface area contributed by atoms with Gasteiger partial charge in [0.05, 0.1) is 13.2 Å². The van der Waals surface area contributed by atoms with E-state index in [0.29, 0.717) is 25.1 Å². The van der Waals surface area contributed by atoms with E-state index in [1.807, 2.05) is 36.4 Å². The van der Waals surface area contributed by atoms with Crippen LogP contribution in [-0.4, -0.2) is 17.7 Å². The van der Waals surface area contributed by atoms with Crippen molar-refractivity contribution < 1.29 is 14.7 Å². The zero-order valence-electron chi connectivity index (χ0n) is 12.7. The SMILES string of the molecule is [C-]#[N+]c1ccc(-c2ccc(OCCCCC(=O)NO)cc2)cc1. The summed E-state index contributed by atoms with van der Waals surface area (Å²) in [6, 6.07) is 15.2. The monoisotopic (exact) mass is 310 g/mol. The van der Waals surface area contributed by atoms with Crippen molar-refractivity contribution in [2.24, 2.45) is 0 Å². The standard InChI is InChI=1S/C18H18N2O3/c1-19-16-9-5-14(6-10-16)15-7-11-17(12-8-15)23-13-3-2-4-18(21)20-22/h5-12,22H,2-4,13H2,(H,20,21). The summed E-state index contributed by atoms with van der Waals surface area (Å²) < 4.78 is 5.61. The Labute approximate surface area is 135 Å². The molecule has 5 nitrogen and oxygen atoms in total. The van der Waals surface area contributed by atoms with Gasteiger partial charge in [0, 0.05) is 6.42 Å². The third-order valence-corrected chi connectivity index (χ3v) is 3.38. The number of hydroxylamine groups is 1. The van der Waals surface area contributed by atoms with Gasteiger partial charge in [-0.2, -0.15) is 0 Å². The number of carbonyl (C=O) groups is 1. The Morgan fingerprint density at radius 1 is 1.04 bits per heavy atom. The predicted octanol–water partition coefficient (Wildman–Crippen LogP) is 3.96. The van der Waals surface area contributed by atoms with Gasteiger partial charge < -0.3 is 4.74 Å². The topological polar surface area (TPSA) is 62.9 Å². The number of hydrogen-bond acceptors (Lipinski definition) is 3. The van der Waals surface area contributed by atoms with E-state index in [4.69, 9.17) is 16.5 Å². The maximum absolute atomic E-state index is 10.8. The van der Waals surface area contributed by atoms with Gasteiger partial charge >= 0.3 is 0 Å². The van der Waals surface area contributed by atoms with Crippen molar-refractivity contribution in [2.75, 3.05) is 6.61 Å². The lowest BCUT2D eigenvalue weighted by Gasteiger charge is -2.07. The van der Waals surface area contributed by atoms with Crippen molar-refractivity contribution in [3.63, 3.8) is 0 Å². The summed E-state index contributed by atoms with van der Waals surface area (Å²) >= 11 is 0. The van der Waals surface area contributed by atoms with Gasteiger partial charge in [-0.05, 0) is 36.1 Å². The molecule has 2 N–H and O–H groups in total. The smallest absolute Gasteiger partial charge is 0.243 e. The maximum Gasteiger partial charge on any atom is 0.243 e. The van der Waals surface area contributed by atoms with Gasteiger partial charge in [-0.15, -0.1) is 0 Å². The zero-order chi connectivity index (χ0) is 16.5. The number of amides is 1. The third kappa shape index (κ3) is 5.13. The van der Waals surface area contributed by atoms with E-state index in [1.54, 1.807) is 17.6 Å². The summed E-state index contributed by atoms with van der Waals surface area (Å²) in [5.74, 6) is 0.400. The fourth-order valence-corrected chi connectivity index (χ4v) is 2.11. The summed E-state index contributed by atoms with van der Waals surface area (Å²) in [4.78, 5) is 14.2. The predicted molar refractivity (Wildman–Crippen MR) is 87.4 cm³/mol. The minimum Gasteiger partial charge on any atom is -0.494 e. The average Bonchev–Trinajstić information content (AvgIpc) is 2.62. The van der Waals surface area contributed by atoms with E-state index in [0.717, 1.165) is 23.3 Å². The average molecular weight is 310 g/mol. The molecule has 5 heteroatoms. The van der Waals surface area contributed by atoms with Crippen molar-refractivity contribution in [1.82, 2.24) is 5.48 Å². The van der Waals surface area contributed by atoms with Gasteiger partial charge in [0.25, 0.3) is 0 Å². The van der Waals surface area contributed by atoms with Gasteiger partial charge in [-0.3, -0.25) is 10.0 Å². The van der Waals surface area contributed by atoms with Crippen LogP contribution in [0, 0.1) is 6.57 Å². The van der Waals surface area contributed by atoms with Gasteiger partial charge in [0.2, 0.25) is 5.91 Å². The van der Waals surface area contributed by atoms with E-state index in [9.17, 15) is 4.79 Å². The van der Waals surface area contributed by atoms with Crippen LogP contribution < -0.4 is 10.2 Å². The first-order valence-corrected chi connectivity index (χ1v) is 7.36. The first-order valence-electron chi connectivity index (χ1n) is 7.36. The second-order valence-corrected chi connectivity index (χ2v) is 5.02. The molecule has 0 heterocycles. The number of nitrogens with zero attached hydrogens (tertiary/aromatic N) is 1. The number of benzene rings is 2. The lowest BCUT2D eigenvalue weighted by Crippen LogP contribution is -2.18. The van der Waals surface area contributed by atoms with Gasteiger partial charge in [0.15, 0.2) is 5.69 Å². The highest BCUT2D eigenvalue weighted by Crippen LogP contribution is 2.24. The van der Waals surface area contributed by atoms with Crippen LogP contribution in [0.3, 0.4) is 0 Å². The molecule has 0 aliphatic rings. The zero-order valence-corrected chi connectivity index (χ0v) is 12.7. The molecule has 118 valence electrons. The number of carbonyl (C=O) groups excluding carboxylic acids is 1. The molecule has 0 bridgehead atoms. The molecule has 2 aromatic rings. The van der Waals surface area contributed by atoms with Crippen molar-refractivity contribution in [2.45, 2.75) is 19.3 Å². The molecule has 0 aliphatic carbocycles. The molecule has 0 saturated heterocycles. The molecule has 0 spiro atoms. The Balaban J connectivity index is 1.82. The van der Waals surface area contributed by atoms with E-state index in [1.165, 1.54) is 0 Å². The molecule has 2 rings (SSSR count). The van der Waals surface area contributed by atoms with E-state index in [-0.39, 0.29) is 5.91 Å². The number of rotatable bonds is 7. The first kappa shape index (κ1) is 16.5. The van der Waals surface area contributed by atoms with Crippen molar-refractivity contribution in [3.8, 4) is 16.9 Å². The molecule has 0 atom stereocenters. The lowest BCUT2D eigenvalue weighted by atomic mass is 10.1. The van der Waals surface area contributed by atoms with Crippen molar-refractivity contribution in [3.05, 3.63) is 59.9 Å². The molecule has 1 amide bonds. The second-order valence-electron chi connectivity index (χ2n) is 5.02. The van der Waals surface area contributed by atoms with Crippen LogP contribution in [0.15, 0.2) is 48.5 Å². The Morgan fingerprint density at radius 2 is 1.65 bits per heavy atom. The minimum atomic E-state index is -0.376. The highest BCUT2D eigenvalue weighted by atomic mass is 16.5. The molecule has 0 aromatic heterocycles. The molecule has 0 aliphatic heterocycles. The minimum absolute atomic E-state index is 0.291. The largest absolute Gasteiger partial charge is 0.494 e. The van der Waals surface area contributed by atoms with E-state index >= 15 is 0 Å². The first-order chi connectivity index (χ1) is 11.2. The Bertz CT molecular complexity index is 673. The second kappa shape index (κ2) is 8.57. The van der Waals surface area contributed by atoms with Crippen LogP contribution in [0.4, 0.5) is 5.69 Å². The van der Waals surface area contributed by atoms with Crippen molar-refractivity contribution >= 4 is 11.6 Å². The van der Waals surface area contributed by atoms with Crippen LogP contribution in [0.2, 0.25) is 0 Å². The molecule has 2 aromatic carbocycles. The molecule has 0 saturated carbocycles. The summed E-state index contributed by atoms with van der Waals surface area (Å²) in [6.07, 6.45) is 1.70. The molecule has 23 heavy (non-hydrogen) atoms. The number of nitrogens with one attached hydrogen (secondary N) is 1. The quantitative estimate of drug-likeness (QED) is 0.352. The lowest BCUT2D eigenvalue weighted by molar-refractivity contribution is -0.129. The fraction of sp³-hybridized carbons (Fsp3) is 0.222. The van der Waals surface area contributed by atoms with Gasteiger partial charge in [0.1, 0.15) is 5.75 Å². The van der Waals surface area contributed by atoms with E-state index < -0.39 is 0 Å². The highest BCUT2D eigenvalue weighted by molar-refractivity contribution is 5.74. The van der Waals surface area contributed by atoms with Gasteiger partial charge in [-0.1, -0.05) is 36.4 Å². The molecular weight excluding hydrogens is 292 g/mol. The number of ether oxygens (including phenoxy) is 1. The van der Waals surface area contributed by atoms with Crippen molar-refractivity contribution in [1.29, 1.82) is 0 Å². The third-order valence-electron chi connectivity index (χ3n) is 3.38. The number of unbranched alkanes of at least 4 members (excludes halogenated alkanes) is 1. The highest BCUT2D eigenvalue weighted by Gasteiger charge is 2.01. The van der Waals surface area contributed by atoms with Crippen LogP contribution >= 0.6 is 0 Å². The molecule has 0 fully saturated rings. The number of hydrogen-bond donors (Lipinski definition) is 2. The maximum atomic E-state index is 10.8. The summed E-state index contributed by atoms with van der Waals surface area (Å²) in [5.41, 5.74) is 4.35. The van der Waals surface area contributed by atoms with E-state index in [2.05, 4.69) is 4.85 Å². The van der Waals surface area contributed by atoms with Gasteiger partial charge in [-0.25, -0.2) is 10.3 Å². The molecule has 0 radical (unpaired) electrons. The Morgan fingerprint density at radius 3 is 2.22 bits per heavy atom. The fourth-order valence-electron chi connectivity index (χ4n) is 2.11. The Hall–Kier alpha value is -2.84. The summed E-state index contributed by atoms with van der Waals surface area (Å²) in [7, 11) is 0. The normalized spacial score (nSPS) is 9.91. The molecular formula is C18H18N2O3. The van der Waals surface area contributed by atoms with Crippen LogP contribution in [-0.2, 0) is 4.79 Å². The van der Waals surface area contributed by atoms with Crippen LogP contribution in [0.25, 0.3) is 16.0 Å². The van der Waals surface area contributed by atoms with Crippen LogP contribution in [0.1, 0.15) is 19.3 Å². The summed E-state index contributed by atoms with van der Waals surface area (Å²) in [5, 5.41) is 8.37. The summed E-state index contributed by atoms with van der Waals surface area (Å²) in [6.45, 7) is 7.48. The molecule has 0 unspecified atom stereocenters. The van der Waals surface area contributed by atoms with Crippen LogP contribution in [0.5, 0.6) is 5.75 Å². The Kier molecular flexibility index (Phi) is 6.16.